The van der Waals surface area contributed by atoms with E-state index >= 15 is 0 Å². The molecule has 4 N–H and O–H groups in total. The van der Waals surface area contributed by atoms with Gasteiger partial charge in [0.05, 0.1) is 5.56 Å². The van der Waals surface area contributed by atoms with Gasteiger partial charge in [-0.3, -0.25) is 14.9 Å². The summed E-state index contributed by atoms with van der Waals surface area (Å²) in [6.45, 7) is 4.52. The number of esters is 1. The lowest BCUT2D eigenvalue weighted by atomic mass is 10.0. The highest BCUT2D eigenvalue weighted by molar-refractivity contribution is 5.98. The number of hydrogen-bond donors (Lipinski definition) is 3. The molecule has 0 aromatic heterocycles. The van der Waals surface area contributed by atoms with Gasteiger partial charge in [-0.25, -0.2) is 14.0 Å². The summed E-state index contributed by atoms with van der Waals surface area (Å²) in [7, 11) is 0. The summed E-state index contributed by atoms with van der Waals surface area (Å²) in [5, 5.41) is 4.16. The summed E-state index contributed by atoms with van der Waals surface area (Å²) < 4.78 is 18.6. The molecule has 1 aromatic carbocycles. The van der Waals surface area contributed by atoms with E-state index in [1.54, 1.807) is 19.2 Å². The summed E-state index contributed by atoms with van der Waals surface area (Å²) >= 11 is 0. The lowest BCUT2D eigenvalue weighted by Crippen LogP contribution is -2.48. The molecule has 0 aliphatic carbocycles. The van der Waals surface area contributed by atoms with Crippen LogP contribution in [0.15, 0.2) is 24.3 Å². The van der Waals surface area contributed by atoms with Crippen molar-refractivity contribution in [3.8, 4) is 0 Å². The summed E-state index contributed by atoms with van der Waals surface area (Å²) in [4.78, 5) is 46.5. The van der Waals surface area contributed by atoms with Gasteiger partial charge in [-0.05, 0) is 25.0 Å². The normalized spacial score (nSPS) is 12.8. The SMILES string of the molecule is CC(OC(=O)C(NC(=O)c1ccccc1F)C(C)C)C(=O)NC(N)=O. The molecule has 9 heteroatoms. The van der Waals surface area contributed by atoms with E-state index < -0.39 is 47.7 Å². The molecule has 0 aliphatic heterocycles. The number of urea groups is 1. The predicted octanol–water partition coefficient (Wildman–Crippen LogP) is 0.707. The van der Waals surface area contributed by atoms with E-state index in [0.29, 0.717) is 0 Å². The predicted molar refractivity (Wildman–Crippen MR) is 85.8 cm³/mol. The average molecular weight is 353 g/mol. The fraction of sp³-hybridized carbons (Fsp3) is 0.375. The van der Waals surface area contributed by atoms with Crippen molar-refractivity contribution in [3.63, 3.8) is 0 Å². The number of nitrogens with two attached hydrogens (primary N) is 1. The molecule has 0 heterocycles. The molecule has 0 saturated carbocycles. The molecular formula is C16H20FN3O5. The number of carbonyl (C=O) groups is 4. The maximum Gasteiger partial charge on any atom is 0.329 e. The van der Waals surface area contributed by atoms with E-state index in [0.717, 1.165) is 6.07 Å². The van der Waals surface area contributed by atoms with Crippen molar-refractivity contribution in [1.82, 2.24) is 10.6 Å². The van der Waals surface area contributed by atoms with Gasteiger partial charge in [0.25, 0.3) is 11.8 Å². The van der Waals surface area contributed by atoms with E-state index in [2.05, 4.69) is 5.32 Å². The van der Waals surface area contributed by atoms with Crippen molar-refractivity contribution < 1.29 is 28.3 Å². The second-order valence-corrected chi connectivity index (χ2v) is 5.61. The first-order valence-electron chi connectivity index (χ1n) is 7.49. The Hall–Kier alpha value is -2.97. The van der Waals surface area contributed by atoms with Crippen molar-refractivity contribution in [2.24, 2.45) is 11.7 Å². The van der Waals surface area contributed by atoms with Crippen LogP contribution in [-0.4, -0.2) is 36.0 Å². The third-order valence-corrected chi connectivity index (χ3v) is 3.23. The zero-order valence-electron chi connectivity index (χ0n) is 14.0. The number of hydrogen-bond acceptors (Lipinski definition) is 5. The standard InChI is InChI=1S/C16H20FN3O5/c1-8(2)12(15(23)25-9(3)13(21)20-16(18)24)19-14(22)10-6-4-5-7-11(10)17/h4-9,12H,1-3H3,(H,19,22)(H3,18,20,21,24). The molecule has 4 amide bonds. The topological polar surface area (TPSA) is 128 Å². The van der Waals surface area contributed by atoms with Crippen LogP contribution >= 0.6 is 0 Å². The summed E-state index contributed by atoms with van der Waals surface area (Å²) in [6.07, 6.45) is -1.30. The number of benzene rings is 1. The molecule has 2 atom stereocenters. The van der Waals surface area contributed by atoms with Crippen molar-refractivity contribution in [2.75, 3.05) is 0 Å². The van der Waals surface area contributed by atoms with Crippen molar-refractivity contribution in [1.29, 1.82) is 0 Å². The Morgan fingerprint density at radius 3 is 2.24 bits per heavy atom. The molecule has 0 bridgehead atoms. The molecule has 8 nitrogen and oxygen atoms in total. The number of rotatable bonds is 6. The first kappa shape index (κ1) is 20.1. The molecule has 0 saturated heterocycles. The maximum absolute atomic E-state index is 13.7. The van der Waals surface area contributed by atoms with E-state index in [1.807, 2.05) is 0 Å². The van der Waals surface area contributed by atoms with E-state index in [4.69, 9.17) is 10.5 Å². The number of nitrogens with one attached hydrogen (secondary N) is 2. The molecule has 0 aliphatic rings. The van der Waals surface area contributed by atoms with Gasteiger partial charge < -0.3 is 15.8 Å². The number of imide groups is 1. The molecule has 1 rings (SSSR count). The minimum atomic E-state index is -1.30. The van der Waals surface area contributed by atoms with Gasteiger partial charge in [0, 0.05) is 0 Å². The molecular weight excluding hydrogens is 333 g/mol. The van der Waals surface area contributed by atoms with Gasteiger partial charge in [-0.1, -0.05) is 26.0 Å². The Balaban J connectivity index is 2.81. The van der Waals surface area contributed by atoms with Crippen LogP contribution in [0.5, 0.6) is 0 Å². The number of ether oxygens (including phenoxy) is 1. The highest BCUT2D eigenvalue weighted by atomic mass is 19.1. The maximum atomic E-state index is 13.7. The minimum Gasteiger partial charge on any atom is -0.451 e. The molecule has 136 valence electrons. The van der Waals surface area contributed by atoms with Crippen LogP contribution in [0.3, 0.4) is 0 Å². The van der Waals surface area contributed by atoms with Crippen LogP contribution in [0, 0.1) is 11.7 Å². The van der Waals surface area contributed by atoms with Gasteiger partial charge in [0.1, 0.15) is 11.9 Å². The van der Waals surface area contributed by atoms with Gasteiger partial charge in [0.15, 0.2) is 6.10 Å². The number of halogens is 1. The quantitative estimate of drug-likeness (QED) is 0.649. The fourth-order valence-corrected chi connectivity index (χ4v) is 1.89. The van der Waals surface area contributed by atoms with Gasteiger partial charge in [-0.15, -0.1) is 0 Å². The van der Waals surface area contributed by atoms with Crippen molar-refractivity contribution >= 4 is 23.8 Å². The third kappa shape index (κ3) is 5.87. The van der Waals surface area contributed by atoms with Crippen molar-refractivity contribution in [3.05, 3.63) is 35.6 Å². The zero-order valence-corrected chi connectivity index (χ0v) is 14.0. The minimum absolute atomic E-state index is 0.222. The lowest BCUT2D eigenvalue weighted by molar-refractivity contribution is -0.157. The van der Waals surface area contributed by atoms with Crippen LogP contribution < -0.4 is 16.4 Å². The molecule has 2 unspecified atom stereocenters. The molecule has 25 heavy (non-hydrogen) atoms. The van der Waals surface area contributed by atoms with Crippen LogP contribution in [0.25, 0.3) is 0 Å². The Morgan fingerprint density at radius 2 is 1.72 bits per heavy atom. The Kier molecular flexibility index (Phi) is 7.04. The van der Waals surface area contributed by atoms with Gasteiger partial charge >= 0.3 is 12.0 Å². The smallest absolute Gasteiger partial charge is 0.329 e. The van der Waals surface area contributed by atoms with E-state index in [-0.39, 0.29) is 5.56 Å². The Labute approximate surface area is 143 Å². The molecule has 0 radical (unpaired) electrons. The summed E-state index contributed by atoms with van der Waals surface area (Å²) in [6, 6.07) is 3.11. The van der Waals surface area contributed by atoms with Crippen molar-refractivity contribution in [2.45, 2.75) is 32.9 Å². The Morgan fingerprint density at radius 1 is 1.12 bits per heavy atom. The lowest BCUT2D eigenvalue weighted by Gasteiger charge is -2.22. The highest BCUT2D eigenvalue weighted by Gasteiger charge is 2.30. The number of amides is 4. The number of carbonyl (C=O) groups excluding carboxylic acids is 4. The van der Waals surface area contributed by atoms with Crippen LogP contribution in [0.4, 0.5) is 9.18 Å². The third-order valence-electron chi connectivity index (χ3n) is 3.23. The second-order valence-electron chi connectivity index (χ2n) is 5.61. The summed E-state index contributed by atoms with van der Waals surface area (Å²) in [5.41, 5.74) is 4.59. The second kappa shape index (κ2) is 8.76. The van der Waals surface area contributed by atoms with Crippen LogP contribution in [0.1, 0.15) is 31.1 Å². The average Bonchev–Trinajstić information content (AvgIpc) is 2.51. The van der Waals surface area contributed by atoms with Crippen LogP contribution in [0.2, 0.25) is 0 Å². The van der Waals surface area contributed by atoms with Gasteiger partial charge in [0.2, 0.25) is 0 Å². The number of primary amides is 1. The Bertz CT molecular complexity index is 677. The summed E-state index contributed by atoms with van der Waals surface area (Å²) in [5.74, 6) is -3.71. The highest BCUT2D eigenvalue weighted by Crippen LogP contribution is 2.10. The van der Waals surface area contributed by atoms with Crippen LogP contribution in [-0.2, 0) is 14.3 Å². The van der Waals surface area contributed by atoms with E-state index in [9.17, 15) is 23.6 Å². The van der Waals surface area contributed by atoms with Gasteiger partial charge in [-0.2, -0.15) is 0 Å². The molecule has 0 fully saturated rings. The van der Waals surface area contributed by atoms with E-state index in [1.165, 1.54) is 25.1 Å². The first-order chi connectivity index (χ1) is 11.6. The fourth-order valence-electron chi connectivity index (χ4n) is 1.89. The largest absolute Gasteiger partial charge is 0.451 e. The first-order valence-corrected chi connectivity index (χ1v) is 7.49. The molecule has 1 aromatic rings. The molecule has 0 spiro atoms. The zero-order chi connectivity index (χ0) is 19.1. The monoisotopic (exact) mass is 353 g/mol.